The molecular weight excluding hydrogens is 531 g/mol. The molecule has 0 aliphatic heterocycles. The van der Waals surface area contributed by atoms with E-state index < -0.39 is 6.61 Å². The number of methoxy groups -OCH3 is 1. The van der Waals surface area contributed by atoms with E-state index in [4.69, 9.17) is 4.74 Å². The highest BCUT2D eigenvalue weighted by molar-refractivity contribution is 14.0. The number of halogens is 3. The number of aromatic nitrogens is 2. The van der Waals surface area contributed by atoms with E-state index in [1.165, 1.54) is 18.7 Å². The lowest BCUT2D eigenvalue weighted by Crippen LogP contribution is -2.36. The van der Waals surface area contributed by atoms with Gasteiger partial charge in [0.15, 0.2) is 5.96 Å². The molecule has 0 amide bonds. The summed E-state index contributed by atoms with van der Waals surface area (Å²) in [7, 11) is 3.15. The van der Waals surface area contributed by atoms with Crippen LogP contribution in [0.1, 0.15) is 16.7 Å². The second-order valence-corrected chi connectivity index (χ2v) is 6.66. The number of nitrogens with zero attached hydrogens (tertiary/aromatic N) is 3. The van der Waals surface area contributed by atoms with Gasteiger partial charge in [-0.3, -0.25) is 9.67 Å². The Bertz CT molecular complexity index is 999. The number of alkyl halides is 2. The van der Waals surface area contributed by atoms with Gasteiger partial charge >= 0.3 is 6.61 Å². The van der Waals surface area contributed by atoms with Crippen LogP contribution in [0, 0.1) is 0 Å². The fraction of sp³-hybridized carbons (Fsp3) is 0.273. The molecule has 10 heteroatoms. The molecule has 7 nitrogen and oxygen atoms in total. The van der Waals surface area contributed by atoms with E-state index in [1.807, 2.05) is 29.1 Å². The van der Waals surface area contributed by atoms with Crippen molar-refractivity contribution >= 4 is 29.9 Å². The van der Waals surface area contributed by atoms with Crippen molar-refractivity contribution < 1.29 is 18.3 Å². The van der Waals surface area contributed by atoms with Gasteiger partial charge in [0.25, 0.3) is 0 Å². The Kier molecular flexibility index (Phi) is 10.2. The van der Waals surface area contributed by atoms with Crippen LogP contribution in [0.4, 0.5) is 8.78 Å². The lowest BCUT2D eigenvalue weighted by Gasteiger charge is -2.15. The van der Waals surface area contributed by atoms with Crippen molar-refractivity contribution in [2.24, 2.45) is 4.99 Å². The summed E-state index contributed by atoms with van der Waals surface area (Å²) in [6.45, 7) is -1.48. The van der Waals surface area contributed by atoms with Crippen LogP contribution in [0.25, 0.3) is 0 Å². The van der Waals surface area contributed by atoms with E-state index in [0.29, 0.717) is 30.4 Å². The first-order valence-corrected chi connectivity index (χ1v) is 9.69. The predicted molar refractivity (Wildman–Crippen MR) is 130 cm³/mol. The van der Waals surface area contributed by atoms with Gasteiger partial charge in [-0.15, -0.1) is 24.0 Å². The van der Waals surface area contributed by atoms with E-state index in [9.17, 15) is 8.78 Å². The van der Waals surface area contributed by atoms with Crippen LogP contribution < -0.4 is 20.1 Å². The zero-order chi connectivity index (χ0) is 22.1. The fourth-order valence-corrected chi connectivity index (χ4v) is 2.97. The molecule has 0 saturated heterocycles. The fourth-order valence-electron chi connectivity index (χ4n) is 2.97. The first-order chi connectivity index (χ1) is 15.1. The van der Waals surface area contributed by atoms with Crippen molar-refractivity contribution in [3.8, 4) is 11.5 Å². The van der Waals surface area contributed by atoms with Gasteiger partial charge in [0.05, 0.1) is 19.9 Å². The van der Waals surface area contributed by atoms with Crippen LogP contribution in [0.2, 0.25) is 0 Å². The quantitative estimate of drug-likeness (QED) is 0.236. The number of hydrogen-bond acceptors (Lipinski definition) is 4. The summed E-state index contributed by atoms with van der Waals surface area (Å²) >= 11 is 0. The topological polar surface area (TPSA) is 72.7 Å². The van der Waals surface area contributed by atoms with Gasteiger partial charge in [0.1, 0.15) is 11.5 Å². The molecule has 1 aromatic heterocycles. The van der Waals surface area contributed by atoms with E-state index in [-0.39, 0.29) is 36.3 Å². The van der Waals surface area contributed by atoms with Crippen LogP contribution in [0.3, 0.4) is 0 Å². The molecule has 0 saturated carbocycles. The number of benzene rings is 2. The average Bonchev–Trinajstić information content (AvgIpc) is 3.22. The van der Waals surface area contributed by atoms with E-state index in [2.05, 4.69) is 37.6 Å². The van der Waals surface area contributed by atoms with Crippen LogP contribution in [-0.4, -0.2) is 36.5 Å². The molecule has 0 unspecified atom stereocenters. The van der Waals surface area contributed by atoms with Crippen LogP contribution >= 0.6 is 24.0 Å². The Hall–Kier alpha value is -2.89. The molecule has 32 heavy (non-hydrogen) atoms. The number of aliphatic imine (C=N–C) groups is 1. The molecular formula is C22H26F2IN5O2. The molecule has 0 spiro atoms. The molecule has 2 aromatic carbocycles. The third kappa shape index (κ3) is 7.66. The standard InChI is InChI=1S/C22H25F2N5O2.HI/c1-25-22(27-13-18-10-19(30-2)8-9-20(18)31-21(23)24)26-11-17-12-28-29(15-17)14-16-6-4-3-5-7-16;/h3-10,12,15,21H,11,13-14H2,1-2H3,(H2,25,26,27);1H. The van der Waals surface area contributed by atoms with Crippen LogP contribution in [0.5, 0.6) is 11.5 Å². The number of ether oxygens (including phenoxy) is 2. The maximum absolute atomic E-state index is 12.7. The Labute approximate surface area is 202 Å². The van der Waals surface area contributed by atoms with Gasteiger partial charge < -0.3 is 20.1 Å². The summed E-state index contributed by atoms with van der Waals surface area (Å²) < 4.78 is 37.0. The summed E-state index contributed by atoms with van der Waals surface area (Å²) in [6.07, 6.45) is 3.75. The lowest BCUT2D eigenvalue weighted by atomic mass is 10.2. The number of nitrogens with one attached hydrogen (secondary N) is 2. The molecule has 2 N–H and O–H groups in total. The third-order valence-electron chi connectivity index (χ3n) is 4.49. The maximum Gasteiger partial charge on any atom is 0.387 e. The van der Waals surface area contributed by atoms with Gasteiger partial charge in [0.2, 0.25) is 0 Å². The van der Waals surface area contributed by atoms with Crippen LogP contribution in [-0.2, 0) is 19.6 Å². The monoisotopic (exact) mass is 557 g/mol. The Morgan fingerprint density at radius 1 is 1.09 bits per heavy atom. The highest BCUT2D eigenvalue weighted by Crippen LogP contribution is 2.25. The maximum atomic E-state index is 12.7. The van der Waals surface area contributed by atoms with Gasteiger partial charge in [-0.05, 0) is 23.8 Å². The minimum absolute atomic E-state index is 0. The van der Waals surface area contributed by atoms with Crippen molar-refractivity contribution in [2.75, 3.05) is 14.2 Å². The number of hydrogen-bond donors (Lipinski definition) is 2. The molecule has 0 radical (unpaired) electrons. The third-order valence-corrected chi connectivity index (χ3v) is 4.49. The molecule has 0 aliphatic rings. The molecule has 3 rings (SSSR count). The predicted octanol–water partition coefficient (Wildman–Crippen LogP) is 4.02. The van der Waals surface area contributed by atoms with Crippen molar-refractivity contribution in [3.63, 3.8) is 0 Å². The van der Waals surface area contributed by atoms with E-state index in [1.54, 1.807) is 25.4 Å². The van der Waals surface area contributed by atoms with Crippen molar-refractivity contribution in [2.45, 2.75) is 26.2 Å². The number of guanidine groups is 1. The van der Waals surface area contributed by atoms with Crippen molar-refractivity contribution in [1.82, 2.24) is 20.4 Å². The lowest BCUT2D eigenvalue weighted by molar-refractivity contribution is -0.0504. The normalized spacial score (nSPS) is 11.1. The zero-order valence-electron chi connectivity index (χ0n) is 17.8. The molecule has 3 aromatic rings. The summed E-state index contributed by atoms with van der Waals surface area (Å²) in [5.74, 6) is 1.15. The largest absolute Gasteiger partial charge is 0.497 e. The van der Waals surface area contributed by atoms with Crippen molar-refractivity contribution in [1.29, 1.82) is 0 Å². The van der Waals surface area contributed by atoms with Gasteiger partial charge in [-0.25, -0.2) is 0 Å². The summed E-state index contributed by atoms with van der Waals surface area (Å²) in [5.41, 5.74) is 2.68. The highest BCUT2D eigenvalue weighted by Gasteiger charge is 2.12. The van der Waals surface area contributed by atoms with Gasteiger partial charge in [0, 0.05) is 37.5 Å². The molecule has 0 bridgehead atoms. The summed E-state index contributed by atoms with van der Waals surface area (Å²) in [6, 6.07) is 14.8. The van der Waals surface area contributed by atoms with Crippen LogP contribution in [0.15, 0.2) is 65.9 Å². The second-order valence-electron chi connectivity index (χ2n) is 6.66. The zero-order valence-corrected chi connectivity index (χ0v) is 20.1. The molecule has 0 fully saturated rings. The SMILES string of the molecule is CN=C(NCc1cnn(Cc2ccccc2)c1)NCc1cc(OC)ccc1OC(F)F.I. The average molecular weight is 557 g/mol. The molecule has 1 heterocycles. The van der Waals surface area contributed by atoms with Crippen molar-refractivity contribution in [3.05, 3.63) is 77.6 Å². The minimum atomic E-state index is -2.91. The Balaban J connectivity index is 0.00000363. The minimum Gasteiger partial charge on any atom is -0.497 e. The second kappa shape index (κ2) is 12.8. The first kappa shape index (κ1) is 25.4. The van der Waals surface area contributed by atoms with E-state index >= 15 is 0 Å². The van der Waals surface area contributed by atoms with Gasteiger partial charge in [-0.1, -0.05) is 30.3 Å². The Morgan fingerprint density at radius 2 is 1.84 bits per heavy atom. The first-order valence-electron chi connectivity index (χ1n) is 9.69. The summed E-state index contributed by atoms with van der Waals surface area (Å²) in [5, 5.41) is 10.7. The molecule has 0 atom stereocenters. The smallest absolute Gasteiger partial charge is 0.387 e. The highest BCUT2D eigenvalue weighted by atomic mass is 127. The van der Waals surface area contributed by atoms with E-state index in [0.717, 1.165) is 5.56 Å². The number of rotatable bonds is 9. The molecule has 0 aliphatic carbocycles. The Morgan fingerprint density at radius 3 is 2.53 bits per heavy atom. The summed E-state index contributed by atoms with van der Waals surface area (Å²) in [4.78, 5) is 4.17. The molecule has 172 valence electrons. The van der Waals surface area contributed by atoms with Gasteiger partial charge in [-0.2, -0.15) is 13.9 Å².